The summed E-state index contributed by atoms with van der Waals surface area (Å²) >= 11 is 1.71. The summed E-state index contributed by atoms with van der Waals surface area (Å²) < 4.78 is 5.46. The van der Waals surface area contributed by atoms with Gasteiger partial charge in [-0.3, -0.25) is 14.5 Å². The van der Waals surface area contributed by atoms with E-state index in [-0.39, 0.29) is 30.6 Å². The molecule has 1 aromatic carbocycles. The number of nitrogens with zero attached hydrogens (tertiary/aromatic N) is 1. The molecule has 6 heteroatoms. The van der Waals surface area contributed by atoms with Crippen LogP contribution < -0.4 is 5.32 Å². The van der Waals surface area contributed by atoms with Crippen molar-refractivity contribution in [2.75, 3.05) is 32.8 Å². The van der Waals surface area contributed by atoms with E-state index in [1.165, 1.54) is 22.4 Å². The number of fused-ring (bicyclic) bond motifs is 1. The molecule has 1 unspecified atom stereocenters. The Labute approximate surface area is 176 Å². The summed E-state index contributed by atoms with van der Waals surface area (Å²) in [6, 6.07) is 10.3. The monoisotopic (exact) mass is 412 g/mol. The molecule has 1 aliphatic heterocycles. The highest BCUT2D eigenvalue weighted by Gasteiger charge is 2.24. The number of morpholine rings is 1. The SMILES string of the molecule is O=C(CCC(=O)c1ccc2c(c1)CCC2)NCC(c1cccs1)N1CCOCC1. The van der Waals surface area contributed by atoms with Crippen molar-refractivity contribution in [3.8, 4) is 0 Å². The second-order valence-electron chi connectivity index (χ2n) is 7.74. The number of hydrogen-bond acceptors (Lipinski definition) is 5. The third-order valence-corrected chi connectivity index (χ3v) is 6.82. The number of aryl methyl sites for hydroxylation is 2. The lowest BCUT2D eigenvalue weighted by Gasteiger charge is -2.34. The fourth-order valence-corrected chi connectivity index (χ4v) is 5.06. The minimum Gasteiger partial charge on any atom is -0.379 e. The summed E-state index contributed by atoms with van der Waals surface area (Å²) in [5, 5.41) is 5.12. The fourth-order valence-electron chi connectivity index (χ4n) is 4.20. The Morgan fingerprint density at radius 3 is 2.72 bits per heavy atom. The second kappa shape index (κ2) is 9.65. The zero-order valence-corrected chi connectivity index (χ0v) is 17.5. The zero-order valence-electron chi connectivity index (χ0n) is 16.7. The molecule has 0 spiro atoms. The summed E-state index contributed by atoms with van der Waals surface area (Å²) in [5.41, 5.74) is 3.40. The van der Waals surface area contributed by atoms with Crippen molar-refractivity contribution in [2.45, 2.75) is 38.1 Å². The van der Waals surface area contributed by atoms with E-state index in [0.717, 1.165) is 44.7 Å². The number of hydrogen-bond donors (Lipinski definition) is 1. The molecule has 1 fully saturated rings. The molecule has 1 aromatic heterocycles. The van der Waals surface area contributed by atoms with Crippen LogP contribution in [0.3, 0.4) is 0 Å². The first-order valence-corrected chi connectivity index (χ1v) is 11.4. The molecule has 0 saturated carbocycles. The molecular formula is C23H28N2O3S. The van der Waals surface area contributed by atoms with E-state index in [2.05, 4.69) is 27.7 Å². The van der Waals surface area contributed by atoms with Gasteiger partial charge in [0.05, 0.1) is 19.3 Å². The first kappa shape index (κ1) is 20.3. The molecule has 154 valence electrons. The topological polar surface area (TPSA) is 58.6 Å². The van der Waals surface area contributed by atoms with Crippen LogP contribution in [-0.4, -0.2) is 49.4 Å². The van der Waals surface area contributed by atoms with E-state index in [0.29, 0.717) is 6.54 Å². The molecule has 0 radical (unpaired) electrons. The standard InChI is InChI=1S/C23H28N2O3S/c26-21(19-7-6-17-3-1-4-18(17)15-19)8-9-23(27)24-16-20(22-5-2-14-29-22)25-10-12-28-13-11-25/h2,5-7,14-15,20H,1,3-4,8-13,16H2,(H,24,27). The largest absolute Gasteiger partial charge is 0.379 e. The van der Waals surface area contributed by atoms with E-state index < -0.39 is 0 Å². The maximum Gasteiger partial charge on any atom is 0.220 e. The van der Waals surface area contributed by atoms with Crippen molar-refractivity contribution in [1.82, 2.24) is 10.2 Å². The van der Waals surface area contributed by atoms with Gasteiger partial charge >= 0.3 is 0 Å². The predicted octanol–water partition coefficient (Wildman–Crippen LogP) is 3.39. The Bertz CT molecular complexity index is 844. The summed E-state index contributed by atoms with van der Waals surface area (Å²) in [6.07, 6.45) is 3.83. The van der Waals surface area contributed by atoms with Crippen molar-refractivity contribution in [3.05, 3.63) is 57.3 Å². The van der Waals surface area contributed by atoms with E-state index in [1.54, 1.807) is 11.3 Å². The summed E-state index contributed by atoms with van der Waals surface area (Å²) in [6.45, 7) is 3.76. The Kier molecular flexibility index (Phi) is 6.74. The smallest absolute Gasteiger partial charge is 0.220 e. The summed E-state index contributed by atoms with van der Waals surface area (Å²) in [4.78, 5) is 28.6. The van der Waals surface area contributed by atoms with Crippen molar-refractivity contribution in [1.29, 1.82) is 0 Å². The fraction of sp³-hybridized carbons (Fsp3) is 0.478. The van der Waals surface area contributed by atoms with Gasteiger partial charge in [-0.15, -0.1) is 11.3 Å². The van der Waals surface area contributed by atoms with Crippen molar-refractivity contribution < 1.29 is 14.3 Å². The zero-order chi connectivity index (χ0) is 20.1. The number of benzene rings is 1. The molecule has 1 aliphatic carbocycles. The van der Waals surface area contributed by atoms with Gasteiger partial charge in [0, 0.05) is 42.9 Å². The average Bonchev–Trinajstić information content (AvgIpc) is 3.44. The Morgan fingerprint density at radius 2 is 1.93 bits per heavy atom. The van der Waals surface area contributed by atoms with E-state index in [9.17, 15) is 9.59 Å². The molecule has 4 rings (SSSR count). The van der Waals surface area contributed by atoms with Crippen LogP contribution in [0.1, 0.15) is 51.7 Å². The minimum atomic E-state index is -0.0608. The van der Waals surface area contributed by atoms with Crippen LogP contribution in [0.4, 0.5) is 0 Å². The van der Waals surface area contributed by atoms with E-state index in [4.69, 9.17) is 4.74 Å². The third kappa shape index (κ3) is 5.13. The van der Waals surface area contributed by atoms with E-state index in [1.807, 2.05) is 18.2 Å². The lowest BCUT2D eigenvalue weighted by Crippen LogP contribution is -2.43. The maximum absolute atomic E-state index is 12.5. The molecule has 1 amide bonds. The van der Waals surface area contributed by atoms with Gasteiger partial charge in [0.2, 0.25) is 5.91 Å². The van der Waals surface area contributed by atoms with Crippen molar-refractivity contribution >= 4 is 23.0 Å². The second-order valence-corrected chi connectivity index (χ2v) is 8.72. The highest BCUT2D eigenvalue weighted by atomic mass is 32.1. The number of Topliss-reactive ketones (excluding diaryl/α,β-unsaturated/α-hetero) is 1. The highest BCUT2D eigenvalue weighted by Crippen LogP contribution is 2.26. The molecule has 0 bridgehead atoms. The number of ketones is 1. The number of amides is 1. The molecule has 1 atom stereocenters. The van der Waals surface area contributed by atoms with Crippen molar-refractivity contribution in [3.63, 3.8) is 0 Å². The summed E-state index contributed by atoms with van der Waals surface area (Å²) in [5.74, 6) is -0.00726. The molecule has 1 N–H and O–H groups in total. The maximum atomic E-state index is 12.5. The van der Waals surface area contributed by atoms with Gasteiger partial charge in [0.1, 0.15) is 0 Å². The normalized spacial score (nSPS) is 17.7. The molecule has 1 saturated heterocycles. The Balaban J connectivity index is 1.28. The van der Waals surface area contributed by atoms with Gasteiger partial charge in [0.15, 0.2) is 5.78 Å². The Morgan fingerprint density at radius 1 is 1.10 bits per heavy atom. The van der Waals surface area contributed by atoms with E-state index >= 15 is 0 Å². The molecule has 2 aliphatic rings. The van der Waals surface area contributed by atoms with Crippen LogP contribution in [-0.2, 0) is 22.4 Å². The van der Waals surface area contributed by atoms with Gasteiger partial charge in [-0.2, -0.15) is 0 Å². The number of carbonyl (C=O) groups excluding carboxylic acids is 2. The van der Waals surface area contributed by atoms with Crippen LogP contribution in [0.25, 0.3) is 0 Å². The van der Waals surface area contributed by atoms with Crippen LogP contribution in [0, 0.1) is 0 Å². The van der Waals surface area contributed by atoms with Crippen LogP contribution in [0.2, 0.25) is 0 Å². The average molecular weight is 413 g/mol. The highest BCUT2D eigenvalue weighted by molar-refractivity contribution is 7.10. The molecular weight excluding hydrogens is 384 g/mol. The van der Waals surface area contributed by atoms with Crippen LogP contribution in [0.15, 0.2) is 35.7 Å². The van der Waals surface area contributed by atoms with Gasteiger partial charge in [-0.05, 0) is 47.9 Å². The number of nitrogens with one attached hydrogen (secondary N) is 1. The number of carbonyl (C=O) groups is 2. The van der Waals surface area contributed by atoms with Gasteiger partial charge < -0.3 is 10.1 Å². The van der Waals surface area contributed by atoms with Gasteiger partial charge in [0.25, 0.3) is 0 Å². The number of rotatable bonds is 8. The molecule has 2 aromatic rings. The molecule has 2 heterocycles. The quantitative estimate of drug-likeness (QED) is 0.675. The molecule has 5 nitrogen and oxygen atoms in total. The lowest BCUT2D eigenvalue weighted by molar-refractivity contribution is -0.121. The molecule has 29 heavy (non-hydrogen) atoms. The third-order valence-electron chi connectivity index (χ3n) is 5.85. The first-order chi connectivity index (χ1) is 14.2. The number of thiophene rings is 1. The number of ether oxygens (including phenoxy) is 1. The minimum absolute atomic E-state index is 0.0536. The van der Waals surface area contributed by atoms with Crippen LogP contribution >= 0.6 is 11.3 Å². The van der Waals surface area contributed by atoms with Crippen LogP contribution in [0.5, 0.6) is 0 Å². The van der Waals surface area contributed by atoms with Crippen molar-refractivity contribution in [2.24, 2.45) is 0 Å². The van der Waals surface area contributed by atoms with Gasteiger partial charge in [-0.25, -0.2) is 0 Å². The lowest BCUT2D eigenvalue weighted by atomic mass is 10.0. The Hall–Kier alpha value is -2.02. The van der Waals surface area contributed by atoms with Gasteiger partial charge in [-0.1, -0.05) is 18.2 Å². The first-order valence-electron chi connectivity index (χ1n) is 10.5. The predicted molar refractivity (Wildman–Crippen MR) is 114 cm³/mol. The summed E-state index contributed by atoms with van der Waals surface area (Å²) in [7, 11) is 0.